The van der Waals surface area contributed by atoms with Gasteiger partial charge in [-0.05, 0) is 79.1 Å². The standard InChI is InChI=1S/C31H41NO4/c1-26(2)10-12-31(17-32)13-11-30(7)23(19(31)16-26)20(33)14-22-28(5)15-18(25(35)36)24(34)27(3,4)21(28)8-9-29(22,30)6/h14-15,19,21,23H,8-13,16H2,1-7H3,(H,35,36)/t19-,21-,23-,28-,29+,30+,31+/m0/s1. The third-order valence-electron chi connectivity index (χ3n) is 12.2. The van der Waals surface area contributed by atoms with E-state index in [1.807, 2.05) is 19.9 Å². The van der Waals surface area contributed by atoms with Gasteiger partial charge < -0.3 is 5.11 Å². The molecule has 3 fully saturated rings. The molecule has 0 bridgehead atoms. The third-order valence-corrected chi connectivity index (χ3v) is 12.2. The summed E-state index contributed by atoms with van der Waals surface area (Å²) in [4.78, 5) is 39.6. The summed E-state index contributed by atoms with van der Waals surface area (Å²) in [7, 11) is 0. The molecule has 0 heterocycles. The molecule has 0 radical (unpaired) electrons. The molecule has 3 saturated carbocycles. The number of nitriles is 1. The molecule has 5 heteroatoms. The summed E-state index contributed by atoms with van der Waals surface area (Å²) in [5.74, 6) is -1.63. The predicted molar refractivity (Wildman–Crippen MR) is 137 cm³/mol. The van der Waals surface area contributed by atoms with Gasteiger partial charge in [-0.3, -0.25) is 9.59 Å². The Morgan fingerprint density at radius 2 is 1.64 bits per heavy atom. The molecule has 1 N–H and O–H groups in total. The van der Waals surface area contributed by atoms with Gasteiger partial charge in [0, 0.05) is 16.7 Å². The number of allylic oxidation sites excluding steroid dienone is 3. The molecule has 5 nitrogen and oxygen atoms in total. The monoisotopic (exact) mass is 491 g/mol. The molecular weight excluding hydrogens is 450 g/mol. The van der Waals surface area contributed by atoms with Gasteiger partial charge in [0.1, 0.15) is 0 Å². The van der Waals surface area contributed by atoms with Crippen LogP contribution >= 0.6 is 0 Å². The lowest BCUT2D eigenvalue weighted by Gasteiger charge is -2.68. The number of carboxylic acids is 1. The fourth-order valence-electron chi connectivity index (χ4n) is 9.90. The first kappa shape index (κ1) is 25.4. The average Bonchev–Trinajstić information content (AvgIpc) is 2.77. The number of carbonyl (C=O) groups is 3. The molecule has 5 rings (SSSR count). The molecule has 194 valence electrons. The van der Waals surface area contributed by atoms with E-state index in [9.17, 15) is 24.8 Å². The largest absolute Gasteiger partial charge is 0.478 e. The Bertz CT molecular complexity index is 1180. The minimum atomic E-state index is -1.19. The molecule has 0 aromatic carbocycles. The molecule has 5 aliphatic carbocycles. The summed E-state index contributed by atoms with van der Waals surface area (Å²) >= 11 is 0. The van der Waals surface area contributed by atoms with Crippen LogP contribution in [0.25, 0.3) is 0 Å². The number of hydrogen-bond donors (Lipinski definition) is 1. The number of hydrogen-bond acceptors (Lipinski definition) is 4. The van der Waals surface area contributed by atoms with Gasteiger partial charge in [-0.25, -0.2) is 4.79 Å². The van der Waals surface area contributed by atoms with Crippen LogP contribution in [-0.2, 0) is 14.4 Å². The predicted octanol–water partition coefficient (Wildman–Crippen LogP) is 6.29. The van der Waals surface area contributed by atoms with Crippen LogP contribution in [0.1, 0.15) is 93.4 Å². The van der Waals surface area contributed by atoms with Gasteiger partial charge in [-0.15, -0.1) is 0 Å². The normalized spacial score (nSPS) is 46.7. The number of ketones is 2. The Morgan fingerprint density at radius 3 is 2.25 bits per heavy atom. The van der Waals surface area contributed by atoms with Crippen LogP contribution in [-0.4, -0.2) is 22.6 Å². The van der Waals surface area contributed by atoms with Gasteiger partial charge >= 0.3 is 5.97 Å². The molecule has 0 spiro atoms. The highest BCUT2D eigenvalue weighted by Gasteiger charge is 2.70. The van der Waals surface area contributed by atoms with Crippen molar-refractivity contribution in [2.75, 3.05) is 0 Å². The van der Waals surface area contributed by atoms with Crippen LogP contribution in [0.2, 0.25) is 0 Å². The zero-order valence-electron chi connectivity index (χ0n) is 23.0. The molecule has 36 heavy (non-hydrogen) atoms. The lowest BCUT2D eigenvalue weighted by Crippen LogP contribution is -2.64. The van der Waals surface area contributed by atoms with Crippen LogP contribution in [0.3, 0.4) is 0 Å². The van der Waals surface area contributed by atoms with Crippen LogP contribution in [0.4, 0.5) is 0 Å². The number of fused-ring (bicyclic) bond motifs is 7. The van der Waals surface area contributed by atoms with Gasteiger partial charge in [-0.1, -0.05) is 60.1 Å². The van der Waals surface area contributed by atoms with Crippen molar-refractivity contribution in [1.82, 2.24) is 0 Å². The number of Topliss-reactive ketones (excluding diaryl/α,β-unsaturated/α-hetero) is 1. The van der Waals surface area contributed by atoms with Crippen molar-refractivity contribution in [3.05, 3.63) is 23.3 Å². The molecular formula is C31H41NO4. The Kier molecular flexibility index (Phi) is 5.09. The van der Waals surface area contributed by atoms with E-state index in [0.717, 1.165) is 50.5 Å². The van der Waals surface area contributed by atoms with Crippen molar-refractivity contribution < 1.29 is 19.5 Å². The number of aliphatic carboxylic acids is 1. The maximum Gasteiger partial charge on any atom is 0.339 e. The van der Waals surface area contributed by atoms with Crippen LogP contribution in [0.15, 0.2) is 23.3 Å². The smallest absolute Gasteiger partial charge is 0.339 e. The van der Waals surface area contributed by atoms with Crippen LogP contribution in [0, 0.1) is 61.6 Å². The van der Waals surface area contributed by atoms with E-state index in [2.05, 4.69) is 40.7 Å². The van der Waals surface area contributed by atoms with E-state index in [1.165, 1.54) is 0 Å². The lowest BCUT2D eigenvalue weighted by atomic mass is 9.34. The van der Waals surface area contributed by atoms with Gasteiger partial charge in [0.25, 0.3) is 0 Å². The molecule has 0 saturated heterocycles. The van der Waals surface area contributed by atoms with Crippen molar-refractivity contribution in [2.24, 2.45) is 50.2 Å². The number of rotatable bonds is 1. The van der Waals surface area contributed by atoms with Gasteiger partial charge in [0.15, 0.2) is 11.6 Å². The second-order valence-corrected chi connectivity index (χ2v) is 14.7. The summed E-state index contributed by atoms with van der Waals surface area (Å²) in [5.41, 5.74) is -1.61. The van der Waals surface area contributed by atoms with Crippen LogP contribution < -0.4 is 0 Å². The SMILES string of the molecule is CC1(C)CC[C@]2(C#N)CC[C@]3(C)[C@H](C(=O)C=C4[C@@]5(C)C=C(C(=O)O)C(=O)C(C)(C)[C@@H]5CC[C@]43C)[C@@H]2C1. The second kappa shape index (κ2) is 7.21. The van der Waals surface area contributed by atoms with E-state index < -0.39 is 22.2 Å². The van der Waals surface area contributed by atoms with Crippen molar-refractivity contribution in [3.8, 4) is 6.07 Å². The molecule has 0 unspecified atom stereocenters. The fraction of sp³-hybridized carbons (Fsp3) is 0.742. The topological polar surface area (TPSA) is 95.2 Å². The number of carboxylic acid groups (broad SMARTS) is 1. The van der Waals surface area contributed by atoms with Gasteiger partial charge in [-0.2, -0.15) is 5.26 Å². The van der Waals surface area contributed by atoms with Crippen molar-refractivity contribution >= 4 is 17.5 Å². The first-order valence-corrected chi connectivity index (χ1v) is 13.7. The Balaban J connectivity index is 1.71. The molecule has 0 aromatic heterocycles. The molecule has 0 amide bonds. The van der Waals surface area contributed by atoms with Crippen molar-refractivity contribution in [3.63, 3.8) is 0 Å². The van der Waals surface area contributed by atoms with E-state index in [1.54, 1.807) is 6.08 Å². The molecule has 5 aliphatic rings. The number of carbonyl (C=O) groups excluding carboxylic acids is 2. The first-order valence-electron chi connectivity index (χ1n) is 13.7. The highest BCUT2D eigenvalue weighted by molar-refractivity contribution is 6.19. The Hall–Kier alpha value is -2.22. The Labute approximate surface area is 215 Å². The van der Waals surface area contributed by atoms with E-state index in [-0.39, 0.29) is 51.1 Å². The van der Waals surface area contributed by atoms with E-state index in [4.69, 9.17) is 0 Å². The minimum absolute atomic E-state index is 0.0344. The van der Waals surface area contributed by atoms with Gasteiger partial charge in [0.05, 0.1) is 17.1 Å². The summed E-state index contributed by atoms with van der Waals surface area (Å²) < 4.78 is 0. The molecule has 7 atom stereocenters. The summed E-state index contributed by atoms with van der Waals surface area (Å²) in [5, 5.41) is 20.3. The third kappa shape index (κ3) is 2.91. The lowest BCUT2D eigenvalue weighted by molar-refractivity contribution is -0.163. The number of nitrogens with zero attached hydrogens (tertiary/aromatic N) is 1. The van der Waals surface area contributed by atoms with Gasteiger partial charge in [0.2, 0.25) is 0 Å². The Morgan fingerprint density at radius 1 is 1.00 bits per heavy atom. The van der Waals surface area contributed by atoms with Crippen molar-refractivity contribution in [2.45, 2.75) is 93.4 Å². The van der Waals surface area contributed by atoms with E-state index in [0.29, 0.717) is 0 Å². The molecule has 0 aromatic rings. The maximum absolute atomic E-state index is 14.2. The highest BCUT2D eigenvalue weighted by Crippen LogP contribution is 2.74. The summed E-state index contributed by atoms with van der Waals surface area (Å²) in [6.45, 7) is 14.9. The zero-order chi connectivity index (χ0) is 26.7. The summed E-state index contributed by atoms with van der Waals surface area (Å²) in [6, 6.07) is 2.71. The fourth-order valence-corrected chi connectivity index (χ4v) is 9.90. The van der Waals surface area contributed by atoms with Crippen molar-refractivity contribution in [1.29, 1.82) is 5.26 Å². The highest BCUT2D eigenvalue weighted by atomic mass is 16.4. The average molecular weight is 492 g/mol. The summed E-state index contributed by atoms with van der Waals surface area (Å²) in [6.07, 6.45) is 9.58. The quantitative estimate of drug-likeness (QED) is 0.435. The minimum Gasteiger partial charge on any atom is -0.478 e. The first-order chi connectivity index (χ1) is 16.5. The molecule has 0 aliphatic heterocycles. The van der Waals surface area contributed by atoms with E-state index >= 15 is 0 Å². The second-order valence-electron chi connectivity index (χ2n) is 14.7. The maximum atomic E-state index is 14.2. The zero-order valence-corrected chi connectivity index (χ0v) is 23.0. The van der Waals surface area contributed by atoms with Crippen LogP contribution in [0.5, 0.6) is 0 Å².